The second-order valence-corrected chi connectivity index (χ2v) is 13.1. The van der Waals surface area contributed by atoms with Crippen LogP contribution in [0.2, 0.25) is 0 Å². The number of aliphatic hydroxyl groups is 4. The van der Waals surface area contributed by atoms with Gasteiger partial charge in [-0.3, -0.25) is 22.6 Å². The molecule has 8 radical (unpaired) electrons. The van der Waals surface area contributed by atoms with Crippen molar-refractivity contribution >= 4 is 55.1 Å². The third-order valence-corrected chi connectivity index (χ3v) is 8.74. The second kappa shape index (κ2) is 14.2. The Balaban J connectivity index is 1.60. The van der Waals surface area contributed by atoms with Gasteiger partial charge in [-0.15, -0.1) is 0 Å². The minimum atomic E-state index is -5.19. The van der Waals surface area contributed by atoms with Gasteiger partial charge in [0, 0.05) is 18.0 Å². The average Bonchev–Trinajstić information content (AvgIpc) is 3.42. The molecular formula is C15H25B4O19P3. The predicted octanol–water partition coefficient (Wildman–Crippen LogP) is -4.67. The van der Waals surface area contributed by atoms with Crippen LogP contribution in [-0.2, 0) is 55.0 Å². The van der Waals surface area contributed by atoms with E-state index in [2.05, 4.69) is 17.0 Å². The number of hydrogen-bond donors (Lipinski definition) is 7. The van der Waals surface area contributed by atoms with Gasteiger partial charge >= 0.3 is 23.5 Å². The Morgan fingerprint density at radius 2 is 0.927 bits per heavy atom. The van der Waals surface area contributed by atoms with Crippen LogP contribution in [-0.4, -0.2) is 159 Å². The van der Waals surface area contributed by atoms with Gasteiger partial charge in [0.15, 0.2) is 0 Å². The first-order chi connectivity index (χ1) is 18.9. The molecule has 41 heavy (non-hydrogen) atoms. The highest BCUT2D eigenvalue weighted by molar-refractivity contribution is 7.48. The van der Waals surface area contributed by atoms with E-state index in [1.165, 1.54) is 0 Å². The van der Waals surface area contributed by atoms with Crippen LogP contribution in [0.5, 0.6) is 0 Å². The van der Waals surface area contributed by atoms with Gasteiger partial charge in [0.2, 0.25) is 0 Å². The lowest BCUT2D eigenvalue weighted by molar-refractivity contribution is -0.0393. The summed E-state index contributed by atoms with van der Waals surface area (Å²) < 4.78 is 79.7. The molecule has 3 aliphatic rings. The van der Waals surface area contributed by atoms with Crippen molar-refractivity contribution in [3.63, 3.8) is 0 Å². The van der Waals surface area contributed by atoms with Crippen LogP contribution in [0, 0.1) is 0 Å². The molecule has 0 aromatic rings. The van der Waals surface area contributed by atoms with Crippen molar-refractivity contribution in [1.29, 1.82) is 0 Å². The van der Waals surface area contributed by atoms with E-state index in [1.807, 2.05) is 0 Å². The standard InChI is InChI=1S/C15H25B4O19P3/c16-13-7(21)10(4(1-20)32-13)35-39(24,25)30-2-5-11(8(22)14(17)33-5)36-40(26,27)31-3-6-12(9(23)15(18)34-6)37-41(28,29)38-19/h4-15,20-23H,1-3H2,(H,24,25)(H,26,27)(H,28,29). The molecule has 0 amide bonds. The number of aliphatic hydroxyl groups excluding tert-OH is 4. The Bertz CT molecular complexity index is 1030. The average molecular weight is 646 g/mol. The van der Waals surface area contributed by atoms with Crippen LogP contribution >= 0.6 is 23.5 Å². The zero-order chi connectivity index (χ0) is 30.9. The first kappa shape index (κ1) is 35.8. The molecule has 0 aromatic carbocycles. The molecule has 3 rings (SSSR count). The molecule has 19 nitrogen and oxygen atoms in total. The lowest BCUT2D eigenvalue weighted by Crippen LogP contribution is -2.38. The van der Waals surface area contributed by atoms with Gasteiger partial charge in [-0.1, -0.05) is 0 Å². The van der Waals surface area contributed by atoms with E-state index >= 15 is 0 Å². The number of rotatable bonds is 14. The van der Waals surface area contributed by atoms with Crippen molar-refractivity contribution in [2.24, 2.45) is 0 Å². The van der Waals surface area contributed by atoms with E-state index in [0.29, 0.717) is 0 Å². The van der Waals surface area contributed by atoms with Crippen molar-refractivity contribution in [2.75, 3.05) is 19.8 Å². The van der Waals surface area contributed by atoms with E-state index in [9.17, 15) is 48.8 Å². The molecule has 3 saturated heterocycles. The fourth-order valence-electron chi connectivity index (χ4n) is 3.99. The Kier molecular flexibility index (Phi) is 12.4. The maximum atomic E-state index is 12.6. The third-order valence-electron chi connectivity index (χ3n) is 6.00. The summed E-state index contributed by atoms with van der Waals surface area (Å²) >= 11 is 0. The monoisotopic (exact) mass is 646 g/mol. The molecule has 15 unspecified atom stereocenters. The van der Waals surface area contributed by atoms with Gasteiger partial charge in [0.05, 0.1) is 19.8 Å². The molecule has 0 aromatic heterocycles. The van der Waals surface area contributed by atoms with Gasteiger partial charge < -0.3 is 53.8 Å². The molecule has 0 saturated carbocycles. The molecule has 0 aliphatic carbocycles. The van der Waals surface area contributed by atoms with Gasteiger partial charge in [-0.25, -0.2) is 13.7 Å². The highest BCUT2D eigenvalue weighted by Gasteiger charge is 2.50. The molecule has 3 aliphatic heterocycles. The minimum absolute atomic E-state index is 0.728. The summed E-state index contributed by atoms with van der Waals surface area (Å²) in [5.41, 5.74) is 0. The smallest absolute Gasteiger partial charge is 0.394 e. The zero-order valence-corrected chi connectivity index (χ0v) is 23.4. The second-order valence-electron chi connectivity index (χ2n) is 8.88. The molecule has 226 valence electrons. The highest BCUT2D eigenvalue weighted by atomic mass is 31.2. The predicted molar refractivity (Wildman–Crippen MR) is 131 cm³/mol. The normalized spacial score (nSPS) is 43.9. The first-order valence-electron chi connectivity index (χ1n) is 11.5. The van der Waals surface area contributed by atoms with E-state index < -0.39 is 116 Å². The van der Waals surface area contributed by atoms with E-state index in [4.69, 9.17) is 55.8 Å². The molecule has 0 spiro atoms. The summed E-state index contributed by atoms with van der Waals surface area (Å²) in [6, 6.07) is -4.35. The molecule has 3 heterocycles. The summed E-state index contributed by atoms with van der Waals surface area (Å²) in [6.07, 6.45) is -14.6. The summed E-state index contributed by atoms with van der Waals surface area (Å²) in [5.74, 6) is 0. The van der Waals surface area contributed by atoms with Crippen LogP contribution in [0.3, 0.4) is 0 Å². The minimum Gasteiger partial charge on any atom is -0.394 e. The van der Waals surface area contributed by atoms with Crippen molar-refractivity contribution < 1.29 is 90.1 Å². The quantitative estimate of drug-likeness (QED) is 0.0690. The van der Waals surface area contributed by atoms with Gasteiger partial charge in [-0.2, -0.15) is 0 Å². The lowest BCUT2D eigenvalue weighted by atomic mass is 9.93. The maximum Gasteiger partial charge on any atom is 0.472 e. The number of hydrogen-bond acceptors (Lipinski definition) is 16. The molecule has 15 atom stereocenters. The molecular weight excluding hydrogens is 620 g/mol. The topological polar surface area (TPSA) is 276 Å². The summed E-state index contributed by atoms with van der Waals surface area (Å²) in [7, 11) is 6.09. The molecule has 3 fully saturated rings. The fourth-order valence-corrected chi connectivity index (χ4v) is 6.53. The summed E-state index contributed by atoms with van der Waals surface area (Å²) in [6.45, 7) is -2.60. The maximum absolute atomic E-state index is 12.6. The van der Waals surface area contributed by atoms with Gasteiger partial charge in [-0.05, 0) is 0 Å². The summed E-state index contributed by atoms with van der Waals surface area (Å²) in [5, 5.41) is 39.6. The number of phosphoric acid groups is 3. The van der Waals surface area contributed by atoms with Crippen molar-refractivity contribution in [1.82, 2.24) is 0 Å². The number of phosphoric ester groups is 3. The lowest BCUT2D eigenvalue weighted by Gasteiger charge is -2.26. The van der Waals surface area contributed by atoms with Gasteiger partial charge in [0.1, 0.15) is 78.5 Å². The number of ether oxygens (including phenoxy) is 3. The highest BCUT2D eigenvalue weighted by Crippen LogP contribution is 2.51. The van der Waals surface area contributed by atoms with E-state index in [0.717, 1.165) is 0 Å². The van der Waals surface area contributed by atoms with E-state index in [1.54, 1.807) is 0 Å². The van der Waals surface area contributed by atoms with Crippen LogP contribution in [0.1, 0.15) is 0 Å². The molecule has 0 bridgehead atoms. The van der Waals surface area contributed by atoms with Crippen LogP contribution in [0.15, 0.2) is 0 Å². The SMILES string of the molecule is [B]OP(=O)(O)OC1C(COP(=O)(O)OC2C(COP(=O)(O)OC3C(CO)OC([B])C3O)OC([B])C2O)OC([B])C1O. The molecule has 7 N–H and O–H groups in total. The van der Waals surface area contributed by atoms with Gasteiger partial charge in [0.25, 0.3) is 8.05 Å². The zero-order valence-electron chi connectivity index (χ0n) is 20.7. The van der Waals surface area contributed by atoms with Crippen LogP contribution in [0.25, 0.3) is 0 Å². The van der Waals surface area contributed by atoms with E-state index in [-0.39, 0.29) is 0 Å². The van der Waals surface area contributed by atoms with Crippen LogP contribution < -0.4 is 0 Å². The first-order valence-corrected chi connectivity index (χ1v) is 16.0. The Morgan fingerprint density at radius 3 is 1.27 bits per heavy atom. The molecule has 26 heteroatoms. The van der Waals surface area contributed by atoms with Crippen molar-refractivity contribution in [2.45, 2.75) is 72.9 Å². The Morgan fingerprint density at radius 1 is 0.610 bits per heavy atom. The van der Waals surface area contributed by atoms with Crippen molar-refractivity contribution in [3.8, 4) is 0 Å². The third kappa shape index (κ3) is 9.17. The van der Waals surface area contributed by atoms with Crippen LogP contribution in [0.4, 0.5) is 0 Å². The van der Waals surface area contributed by atoms with Crippen molar-refractivity contribution in [3.05, 3.63) is 0 Å². The Labute approximate surface area is 238 Å². The Hall–Kier alpha value is 0.310. The summed E-state index contributed by atoms with van der Waals surface area (Å²) in [4.78, 5) is 29.7. The largest absolute Gasteiger partial charge is 0.472 e. The fraction of sp³-hybridized carbons (Fsp3) is 1.00.